The molecule has 0 unspecified atom stereocenters. The number of hydrogen-bond acceptors (Lipinski definition) is 3. The van der Waals surface area contributed by atoms with E-state index in [1.165, 1.54) is 19.3 Å². The summed E-state index contributed by atoms with van der Waals surface area (Å²) in [6, 6.07) is 4.90. The summed E-state index contributed by atoms with van der Waals surface area (Å²) in [7, 11) is 0. The summed E-state index contributed by atoms with van der Waals surface area (Å²) in [5.74, 6) is 2.46. The van der Waals surface area contributed by atoms with E-state index in [9.17, 15) is 4.79 Å². The molecule has 0 N–H and O–H groups in total. The third-order valence-corrected chi connectivity index (χ3v) is 6.52. The maximum Gasteiger partial charge on any atom is 0.344 e. The fourth-order valence-corrected chi connectivity index (χ4v) is 4.87. The van der Waals surface area contributed by atoms with Gasteiger partial charge < -0.3 is 9.47 Å². The molecule has 3 aliphatic carbocycles. The molecule has 2 bridgehead atoms. The van der Waals surface area contributed by atoms with Crippen LogP contribution in [-0.4, -0.2) is 19.2 Å². The minimum Gasteiger partial charge on any atom is -0.480 e. The highest BCUT2D eigenvalue weighted by atomic mass is 35.5. The van der Waals surface area contributed by atoms with E-state index in [0.717, 1.165) is 18.3 Å². The number of rotatable bonds is 6. The van der Waals surface area contributed by atoms with Crippen LogP contribution in [0.2, 0.25) is 10.0 Å². The molecule has 0 spiro atoms. The summed E-state index contributed by atoms with van der Waals surface area (Å²) in [4.78, 5) is 11.8. The van der Waals surface area contributed by atoms with Gasteiger partial charge in [0.05, 0.1) is 11.6 Å². The van der Waals surface area contributed by atoms with Crippen molar-refractivity contribution in [2.45, 2.75) is 39.5 Å². The van der Waals surface area contributed by atoms with Gasteiger partial charge in [-0.15, -0.1) is 0 Å². The van der Waals surface area contributed by atoms with Crippen LogP contribution < -0.4 is 4.74 Å². The van der Waals surface area contributed by atoms with E-state index < -0.39 is 0 Å². The number of esters is 1. The number of benzene rings is 1. The number of fused-ring (bicyclic) bond motifs is 2. The maximum absolute atomic E-state index is 11.8. The van der Waals surface area contributed by atoms with E-state index in [0.29, 0.717) is 33.7 Å². The predicted octanol–water partition coefficient (Wildman–Crippen LogP) is 5.38. The summed E-state index contributed by atoms with van der Waals surface area (Å²) < 4.78 is 10.7. The zero-order chi connectivity index (χ0) is 17.3. The first-order chi connectivity index (χ1) is 11.4. The van der Waals surface area contributed by atoms with Gasteiger partial charge in [-0.25, -0.2) is 4.79 Å². The summed E-state index contributed by atoms with van der Waals surface area (Å²) in [6.07, 6.45) is 4.89. The van der Waals surface area contributed by atoms with Crippen molar-refractivity contribution in [3.05, 3.63) is 28.2 Å². The summed E-state index contributed by atoms with van der Waals surface area (Å²) >= 11 is 11.8. The monoisotopic (exact) mass is 370 g/mol. The second-order valence-electron chi connectivity index (χ2n) is 7.57. The van der Waals surface area contributed by atoms with Gasteiger partial charge in [0, 0.05) is 5.02 Å². The van der Waals surface area contributed by atoms with Crippen molar-refractivity contribution in [2.75, 3.05) is 13.2 Å². The Morgan fingerprint density at radius 1 is 1.29 bits per heavy atom. The number of ether oxygens (including phenoxy) is 2. The van der Waals surface area contributed by atoms with Gasteiger partial charge in [-0.1, -0.05) is 37.0 Å². The number of halogens is 2. The van der Waals surface area contributed by atoms with Crippen LogP contribution in [0.1, 0.15) is 39.5 Å². The molecule has 132 valence electrons. The van der Waals surface area contributed by atoms with Gasteiger partial charge in [0.1, 0.15) is 5.75 Å². The molecule has 0 amide bonds. The Bertz CT molecular complexity index is 613. The summed E-state index contributed by atoms with van der Waals surface area (Å²) in [6.45, 7) is 5.10. The molecule has 3 aliphatic rings. The molecule has 3 saturated carbocycles. The first-order valence-corrected chi connectivity index (χ1v) is 9.37. The third-order valence-electron chi connectivity index (χ3n) is 5.99. The fourth-order valence-electron chi connectivity index (χ4n) is 4.40. The van der Waals surface area contributed by atoms with Crippen LogP contribution in [0.25, 0.3) is 0 Å². The average molecular weight is 371 g/mol. The Balaban J connectivity index is 1.38. The lowest BCUT2D eigenvalue weighted by Gasteiger charge is -2.60. The van der Waals surface area contributed by atoms with Gasteiger partial charge in [0.25, 0.3) is 0 Å². The van der Waals surface area contributed by atoms with Crippen LogP contribution in [0.3, 0.4) is 0 Å². The smallest absolute Gasteiger partial charge is 0.344 e. The van der Waals surface area contributed by atoms with Gasteiger partial charge in [0.15, 0.2) is 6.61 Å². The van der Waals surface area contributed by atoms with Crippen LogP contribution in [0, 0.1) is 23.2 Å². The van der Waals surface area contributed by atoms with E-state index in [1.54, 1.807) is 18.2 Å². The Hall–Kier alpha value is -0.930. The van der Waals surface area contributed by atoms with Crippen LogP contribution in [-0.2, 0) is 9.53 Å². The normalized spacial score (nSPS) is 27.2. The maximum atomic E-state index is 11.8. The van der Waals surface area contributed by atoms with Crippen molar-refractivity contribution in [3.8, 4) is 5.75 Å². The molecular weight excluding hydrogens is 347 g/mol. The van der Waals surface area contributed by atoms with E-state index >= 15 is 0 Å². The quantitative estimate of drug-likeness (QED) is 0.630. The van der Waals surface area contributed by atoms with Crippen LogP contribution >= 0.6 is 23.2 Å². The Morgan fingerprint density at radius 2 is 2.08 bits per heavy atom. The second kappa shape index (κ2) is 7.13. The van der Waals surface area contributed by atoms with Gasteiger partial charge in [0.2, 0.25) is 0 Å². The number of hydrogen-bond donors (Lipinski definition) is 0. The van der Waals surface area contributed by atoms with Crippen molar-refractivity contribution < 1.29 is 14.3 Å². The Labute approximate surface area is 153 Å². The highest BCUT2D eigenvalue weighted by Crippen LogP contribution is 2.61. The third kappa shape index (κ3) is 3.67. The van der Waals surface area contributed by atoms with Crippen LogP contribution in [0.15, 0.2) is 18.2 Å². The molecule has 0 heterocycles. The lowest BCUT2D eigenvalue weighted by Crippen LogP contribution is -2.52. The van der Waals surface area contributed by atoms with Crippen molar-refractivity contribution in [3.63, 3.8) is 0 Å². The highest BCUT2D eigenvalue weighted by Gasteiger charge is 2.53. The molecule has 0 saturated heterocycles. The average Bonchev–Trinajstić information content (AvgIpc) is 2.54. The molecule has 1 aromatic rings. The molecule has 4 rings (SSSR count). The first-order valence-electron chi connectivity index (χ1n) is 8.61. The molecule has 0 aliphatic heterocycles. The minimum atomic E-state index is -0.359. The zero-order valence-electron chi connectivity index (χ0n) is 14.2. The molecule has 3 nitrogen and oxygen atoms in total. The van der Waals surface area contributed by atoms with E-state index in [1.807, 2.05) is 0 Å². The topological polar surface area (TPSA) is 35.5 Å². The largest absolute Gasteiger partial charge is 0.480 e. The SMILES string of the molecule is CC1(C)[C@@H]2CC[C@@H](CCOC(=O)COc3ccc(Cl)cc3Cl)[C@@H]1C2. The van der Waals surface area contributed by atoms with Crippen molar-refractivity contribution in [1.82, 2.24) is 0 Å². The van der Waals surface area contributed by atoms with E-state index in [4.69, 9.17) is 32.7 Å². The highest BCUT2D eigenvalue weighted by molar-refractivity contribution is 6.35. The van der Waals surface area contributed by atoms with Crippen molar-refractivity contribution >= 4 is 29.2 Å². The Morgan fingerprint density at radius 3 is 2.75 bits per heavy atom. The zero-order valence-corrected chi connectivity index (χ0v) is 15.7. The first kappa shape index (κ1) is 17.9. The molecule has 5 heteroatoms. The van der Waals surface area contributed by atoms with Crippen LogP contribution in [0.5, 0.6) is 5.75 Å². The van der Waals surface area contributed by atoms with Gasteiger partial charge in [-0.3, -0.25) is 0 Å². The standard InChI is InChI=1S/C19H24Cl2O3/c1-19(2)13-4-3-12(15(19)9-13)7-8-23-18(22)11-24-17-6-5-14(20)10-16(17)21/h5-6,10,12-13,15H,3-4,7-9,11H2,1-2H3/t12-,13+,15-/m0/s1. The second-order valence-corrected chi connectivity index (χ2v) is 8.41. The van der Waals surface area contributed by atoms with Crippen molar-refractivity contribution in [1.29, 1.82) is 0 Å². The van der Waals surface area contributed by atoms with Gasteiger partial charge >= 0.3 is 5.97 Å². The summed E-state index contributed by atoms with van der Waals surface area (Å²) in [5.41, 5.74) is 0.474. The lowest BCUT2D eigenvalue weighted by molar-refractivity contribution is -0.148. The lowest BCUT2D eigenvalue weighted by atomic mass is 9.45. The van der Waals surface area contributed by atoms with E-state index in [2.05, 4.69) is 13.8 Å². The van der Waals surface area contributed by atoms with Crippen molar-refractivity contribution in [2.24, 2.45) is 23.2 Å². The fraction of sp³-hybridized carbons (Fsp3) is 0.632. The predicted molar refractivity (Wildman–Crippen MR) is 95.6 cm³/mol. The van der Waals surface area contributed by atoms with Crippen LogP contribution in [0.4, 0.5) is 0 Å². The molecule has 24 heavy (non-hydrogen) atoms. The molecular formula is C19H24Cl2O3. The number of carbonyl (C=O) groups is 1. The molecule has 1 aromatic carbocycles. The van der Waals surface area contributed by atoms with E-state index in [-0.39, 0.29) is 12.6 Å². The molecule has 0 radical (unpaired) electrons. The molecule has 3 atom stereocenters. The minimum absolute atomic E-state index is 0.136. The number of carbonyl (C=O) groups excluding carboxylic acids is 1. The van der Waals surface area contributed by atoms with Gasteiger partial charge in [-0.05, 0) is 67.1 Å². The Kier molecular flexibility index (Phi) is 5.31. The van der Waals surface area contributed by atoms with Gasteiger partial charge in [-0.2, -0.15) is 0 Å². The molecule has 3 fully saturated rings. The summed E-state index contributed by atoms with van der Waals surface area (Å²) in [5, 5.41) is 0.919. The molecule has 0 aromatic heterocycles.